The van der Waals surface area contributed by atoms with Crippen molar-refractivity contribution in [3.05, 3.63) is 331 Å². The Morgan fingerprint density at radius 3 is 1.76 bits per heavy atom. The normalized spacial score (nSPS) is 18.5. The van der Waals surface area contributed by atoms with E-state index < -0.39 is 0 Å². The summed E-state index contributed by atoms with van der Waals surface area (Å²) in [5, 5.41) is 3.78. The van der Waals surface area contributed by atoms with Crippen molar-refractivity contribution in [1.82, 2.24) is 0 Å². The van der Waals surface area contributed by atoms with Gasteiger partial charge in [-0.05, 0) is 157 Å². The Balaban J connectivity index is 0.919. The van der Waals surface area contributed by atoms with E-state index in [4.69, 9.17) is 0 Å². The van der Waals surface area contributed by atoms with Crippen LogP contribution in [0.4, 0.5) is 22.7 Å². The maximum atomic E-state index is 4.20. The van der Waals surface area contributed by atoms with Gasteiger partial charge in [0, 0.05) is 34.5 Å². The van der Waals surface area contributed by atoms with E-state index in [1.54, 1.807) is 0 Å². The lowest BCUT2D eigenvalue weighted by atomic mass is 9.60. The van der Waals surface area contributed by atoms with Crippen molar-refractivity contribution in [2.24, 2.45) is 5.92 Å². The summed E-state index contributed by atoms with van der Waals surface area (Å²) in [5.74, 6) is 0.256. The fourth-order valence-corrected chi connectivity index (χ4v) is 12.2. The minimum absolute atomic E-state index is 0.256. The number of hydrogen-bond acceptors (Lipinski definition) is 2. The van der Waals surface area contributed by atoms with Gasteiger partial charge in [-0.1, -0.05) is 238 Å². The van der Waals surface area contributed by atoms with Crippen molar-refractivity contribution in [1.29, 1.82) is 0 Å². The largest absolute Gasteiger partial charge is 0.361 e. The number of rotatable bonds is 11. The van der Waals surface area contributed by atoms with Gasteiger partial charge in [-0.15, -0.1) is 0 Å². The number of anilines is 4. The molecule has 0 saturated carbocycles. The number of hydrogen-bond donors (Lipinski definition) is 1. The summed E-state index contributed by atoms with van der Waals surface area (Å²) < 4.78 is 0. The van der Waals surface area contributed by atoms with Crippen molar-refractivity contribution < 1.29 is 0 Å². The molecule has 1 aliphatic heterocycles. The molecule has 75 heavy (non-hydrogen) atoms. The van der Waals surface area contributed by atoms with Gasteiger partial charge >= 0.3 is 0 Å². The van der Waals surface area contributed by atoms with Gasteiger partial charge in [0.2, 0.25) is 0 Å². The second-order valence-electron chi connectivity index (χ2n) is 19.5. The first-order valence-electron chi connectivity index (χ1n) is 26.2. The molecule has 4 aliphatic rings. The van der Waals surface area contributed by atoms with Crippen LogP contribution in [0.25, 0.3) is 50.1 Å². The van der Waals surface area contributed by atoms with Crippen molar-refractivity contribution in [2.75, 3.05) is 10.2 Å². The van der Waals surface area contributed by atoms with E-state index >= 15 is 0 Å². The SMILES string of the molecule is C=C/C(=C(\C=C)c1ccc(N(c2ccccc2)c2ccc(-c3ccccc3-c3ccc4c(c3)N/C=C/C=C\C3=C(C5=C(C=CCC5)C3(c3ccccc3)C3C=CC=CC3)c3ccccc3-4)cc2)cc1)c1ccccc1. The van der Waals surface area contributed by atoms with E-state index in [1.165, 1.54) is 55.7 Å². The number of fused-ring (bicyclic) bond motifs is 5. The van der Waals surface area contributed by atoms with E-state index in [1.807, 2.05) is 18.2 Å². The first kappa shape index (κ1) is 46.8. The van der Waals surface area contributed by atoms with Crippen molar-refractivity contribution in [3.8, 4) is 33.4 Å². The standard InChI is InChI=1S/C73H58N2/c1-3-61(52-25-9-5-10-26-52)62(4-2)53-40-45-59(46-41-53)75(58-31-15-8-16-32-58)60-47-42-54(43-48-60)63-33-17-18-34-64(63)55-44-49-66-65-35-19-20-36-67(65)72-68-37-21-22-38-69(68)73(56-27-11-6-12-28-56,57-29-13-7-14-30-57)70(72)39-23-24-50-74-71(66)51-55/h3-20,22-29,31-36,38-51,57,74H,1-2,21,30,37H2/b39-23-,50-24+,62-61-. The number of nitrogens with one attached hydrogen (secondary N) is 1. The van der Waals surface area contributed by atoms with E-state index in [2.05, 4.69) is 284 Å². The topological polar surface area (TPSA) is 15.3 Å². The van der Waals surface area contributed by atoms with Gasteiger partial charge in [-0.3, -0.25) is 0 Å². The molecule has 2 nitrogen and oxygen atoms in total. The molecule has 360 valence electrons. The lowest BCUT2D eigenvalue weighted by Gasteiger charge is -2.42. The highest BCUT2D eigenvalue weighted by Gasteiger charge is 2.51. The van der Waals surface area contributed by atoms with Crippen molar-refractivity contribution in [2.45, 2.75) is 24.7 Å². The van der Waals surface area contributed by atoms with E-state index in [0.29, 0.717) is 0 Å². The molecule has 1 heterocycles. The van der Waals surface area contributed by atoms with Crippen LogP contribution in [0.5, 0.6) is 0 Å². The summed E-state index contributed by atoms with van der Waals surface area (Å²) in [6.45, 7) is 8.36. The maximum Gasteiger partial charge on any atom is 0.0525 e. The van der Waals surface area contributed by atoms with Crippen LogP contribution in [0, 0.1) is 5.92 Å². The number of benzene rings is 8. The molecular formula is C73H58N2. The van der Waals surface area contributed by atoms with Gasteiger partial charge in [-0.25, -0.2) is 0 Å². The Kier molecular flexibility index (Phi) is 12.9. The molecule has 8 aromatic carbocycles. The molecule has 0 aromatic heterocycles. The zero-order valence-electron chi connectivity index (χ0n) is 42.1. The highest BCUT2D eigenvalue weighted by molar-refractivity contribution is 6.01. The van der Waals surface area contributed by atoms with Crippen molar-refractivity contribution in [3.63, 3.8) is 0 Å². The predicted octanol–water partition coefficient (Wildman–Crippen LogP) is 19.4. The Bertz CT molecular complexity index is 3710. The summed E-state index contributed by atoms with van der Waals surface area (Å²) in [6.07, 6.45) is 29.9. The molecule has 2 unspecified atom stereocenters. The number of para-hydroxylation sites is 1. The minimum Gasteiger partial charge on any atom is -0.361 e. The third-order valence-electron chi connectivity index (χ3n) is 15.5. The minimum atomic E-state index is -0.351. The van der Waals surface area contributed by atoms with Gasteiger partial charge in [0.15, 0.2) is 0 Å². The lowest BCUT2D eigenvalue weighted by molar-refractivity contribution is 0.450. The molecule has 2 atom stereocenters. The fraction of sp³-hybridized carbons (Fsp3) is 0.0685. The Labute approximate surface area is 442 Å². The molecule has 8 aromatic rings. The smallest absolute Gasteiger partial charge is 0.0525 e. The second kappa shape index (κ2) is 20.7. The third kappa shape index (κ3) is 8.55. The second-order valence-corrected chi connectivity index (χ2v) is 19.5. The fourth-order valence-electron chi connectivity index (χ4n) is 12.2. The van der Waals surface area contributed by atoms with Crippen LogP contribution in [-0.4, -0.2) is 0 Å². The summed E-state index contributed by atoms with van der Waals surface area (Å²) in [6, 6.07) is 74.8. The number of allylic oxidation sites excluding steroid dienone is 17. The zero-order valence-corrected chi connectivity index (χ0v) is 42.1. The van der Waals surface area contributed by atoms with Crippen molar-refractivity contribution >= 4 is 39.5 Å². The molecule has 0 amide bonds. The molecule has 0 spiro atoms. The molecule has 3 aliphatic carbocycles. The summed E-state index contributed by atoms with van der Waals surface area (Å²) in [7, 11) is 0. The van der Waals surface area contributed by atoms with Crippen LogP contribution in [0.1, 0.15) is 41.5 Å². The Morgan fingerprint density at radius 2 is 1.08 bits per heavy atom. The lowest BCUT2D eigenvalue weighted by Crippen LogP contribution is -2.37. The van der Waals surface area contributed by atoms with Crippen LogP contribution in [0.3, 0.4) is 0 Å². The van der Waals surface area contributed by atoms with Crippen LogP contribution in [-0.2, 0) is 5.41 Å². The first-order chi connectivity index (χ1) is 37.1. The van der Waals surface area contributed by atoms with Gasteiger partial charge < -0.3 is 10.2 Å². The monoisotopic (exact) mass is 962 g/mol. The third-order valence-corrected chi connectivity index (χ3v) is 15.5. The van der Waals surface area contributed by atoms with Crippen LogP contribution >= 0.6 is 0 Å². The van der Waals surface area contributed by atoms with Crippen LogP contribution in [0.15, 0.2) is 309 Å². The van der Waals surface area contributed by atoms with Gasteiger partial charge in [-0.2, -0.15) is 0 Å². The highest BCUT2D eigenvalue weighted by Crippen LogP contribution is 2.61. The molecular weight excluding hydrogens is 905 g/mol. The Morgan fingerprint density at radius 1 is 0.493 bits per heavy atom. The zero-order chi connectivity index (χ0) is 50.6. The highest BCUT2D eigenvalue weighted by atomic mass is 15.1. The average Bonchev–Trinajstić information content (AvgIpc) is 3.77. The molecule has 0 fully saturated rings. The molecule has 0 saturated heterocycles. The molecule has 2 heteroatoms. The molecule has 0 bridgehead atoms. The van der Waals surface area contributed by atoms with Gasteiger partial charge in [0.05, 0.1) is 5.41 Å². The van der Waals surface area contributed by atoms with E-state index in [9.17, 15) is 0 Å². The average molecular weight is 963 g/mol. The molecule has 0 radical (unpaired) electrons. The quantitative estimate of drug-likeness (QED) is 0.103. The summed E-state index contributed by atoms with van der Waals surface area (Å²) in [4.78, 5) is 2.32. The van der Waals surface area contributed by atoms with Crippen LogP contribution in [0.2, 0.25) is 0 Å². The molecule has 12 rings (SSSR count). The van der Waals surface area contributed by atoms with Crippen LogP contribution < -0.4 is 10.2 Å². The van der Waals surface area contributed by atoms with E-state index in [-0.39, 0.29) is 11.3 Å². The number of nitrogens with zero attached hydrogens (tertiary/aromatic N) is 1. The van der Waals surface area contributed by atoms with Gasteiger partial charge in [0.25, 0.3) is 0 Å². The summed E-state index contributed by atoms with van der Waals surface area (Å²) in [5.41, 5.74) is 23.5. The maximum absolute atomic E-state index is 4.20. The first-order valence-corrected chi connectivity index (χ1v) is 26.2. The van der Waals surface area contributed by atoms with E-state index in [0.717, 1.165) is 75.4 Å². The summed E-state index contributed by atoms with van der Waals surface area (Å²) >= 11 is 0. The van der Waals surface area contributed by atoms with Gasteiger partial charge in [0.1, 0.15) is 0 Å². The Hall–Kier alpha value is -9.24. The predicted molar refractivity (Wildman–Crippen MR) is 320 cm³/mol. The molecule has 1 N–H and O–H groups in total.